The molecule has 0 unspecified atom stereocenters. The molecular weight excluding hydrogens is 302 g/mol. The van der Waals surface area contributed by atoms with Gasteiger partial charge >= 0.3 is 0 Å². The number of methoxy groups -OCH3 is 2. The molecular formula is C16H27NO4S. The molecule has 0 radical (unpaired) electrons. The fraction of sp³-hybridized carbons (Fsp3) is 0.625. The molecule has 0 bridgehead atoms. The van der Waals surface area contributed by atoms with Crippen molar-refractivity contribution in [2.24, 2.45) is 0 Å². The van der Waals surface area contributed by atoms with E-state index in [-0.39, 0.29) is 11.2 Å². The summed E-state index contributed by atoms with van der Waals surface area (Å²) in [6.45, 7) is 6.31. The number of benzene rings is 1. The van der Waals surface area contributed by atoms with E-state index in [9.17, 15) is 8.42 Å². The van der Waals surface area contributed by atoms with Crippen molar-refractivity contribution >= 4 is 10.0 Å². The maximum atomic E-state index is 11.9. The van der Waals surface area contributed by atoms with Crippen LogP contribution in [0.1, 0.15) is 39.2 Å². The second kappa shape index (κ2) is 7.83. The molecule has 0 saturated heterocycles. The Morgan fingerprint density at radius 2 is 1.77 bits per heavy atom. The topological polar surface area (TPSA) is 64.6 Å². The largest absolute Gasteiger partial charge is 0.493 e. The van der Waals surface area contributed by atoms with Gasteiger partial charge in [0.25, 0.3) is 0 Å². The standard InChI is InChI=1S/C16H27NO4S/c1-6-7-10-22(18,19)17-12-16(2,3)13-8-9-14(20-4)15(11-13)21-5/h8-9,11,17H,6-7,10,12H2,1-5H3. The lowest BCUT2D eigenvalue weighted by Gasteiger charge is -2.26. The molecule has 1 rings (SSSR count). The molecule has 0 aliphatic carbocycles. The third-order valence-electron chi connectivity index (χ3n) is 3.67. The van der Waals surface area contributed by atoms with Crippen LogP contribution in [0.15, 0.2) is 18.2 Å². The van der Waals surface area contributed by atoms with Crippen LogP contribution in [0.5, 0.6) is 11.5 Å². The lowest BCUT2D eigenvalue weighted by Crippen LogP contribution is -2.37. The molecule has 0 fully saturated rings. The Kier molecular flexibility index (Phi) is 6.68. The third kappa shape index (κ3) is 5.18. The van der Waals surface area contributed by atoms with Crippen LogP contribution in [0, 0.1) is 0 Å². The summed E-state index contributed by atoms with van der Waals surface area (Å²) >= 11 is 0. The van der Waals surface area contributed by atoms with E-state index in [0.29, 0.717) is 24.5 Å². The van der Waals surface area contributed by atoms with E-state index in [4.69, 9.17) is 9.47 Å². The second-order valence-electron chi connectivity index (χ2n) is 5.95. The molecule has 0 amide bonds. The average molecular weight is 329 g/mol. The summed E-state index contributed by atoms with van der Waals surface area (Å²) in [7, 11) is -0.0461. The number of unbranched alkanes of at least 4 members (excludes halogenated alkanes) is 1. The van der Waals surface area contributed by atoms with Crippen molar-refractivity contribution in [3.8, 4) is 11.5 Å². The summed E-state index contributed by atoms with van der Waals surface area (Å²) in [6, 6.07) is 5.66. The predicted octanol–water partition coefficient (Wildman–Crippen LogP) is 2.70. The molecule has 1 N–H and O–H groups in total. The molecule has 22 heavy (non-hydrogen) atoms. The zero-order valence-electron chi connectivity index (χ0n) is 14.1. The molecule has 0 aliphatic heterocycles. The Hall–Kier alpha value is -1.27. The molecule has 1 aromatic carbocycles. The Labute approximate surface area is 134 Å². The van der Waals surface area contributed by atoms with Gasteiger partial charge in [-0.2, -0.15) is 0 Å². The zero-order valence-corrected chi connectivity index (χ0v) is 14.9. The Bertz CT molecular complexity index is 582. The predicted molar refractivity (Wildman–Crippen MR) is 89.3 cm³/mol. The van der Waals surface area contributed by atoms with Crippen molar-refractivity contribution in [2.45, 2.75) is 39.0 Å². The molecule has 0 heterocycles. The maximum Gasteiger partial charge on any atom is 0.211 e. The summed E-state index contributed by atoms with van der Waals surface area (Å²) in [4.78, 5) is 0. The van der Waals surface area contributed by atoms with Crippen LogP contribution in [0.2, 0.25) is 0 Å². The Morgan fingerprint density at radius 1 is 1.14 bits per heavy atom. The number of hydrogen-bond donors (Lipinski definition) is 1. The molecule has 1 aromatic rings. The van der Waals surface area contributed by atoms with Crippen LogP contribution in [0.25, 0.3) is 0 Å². The van der Waals surface area contributed by atoms with E-state index in [1.54, 1.807) is 14.2 Å². The van der Waals surface area contributed by atoms with E-state index in [1.165, 1.54) is 0 Å². The van der Waals surface area contributed by atoms with Crippen LogP contribution < -0.4 is 14.2 Å². The molecule has 126 valence electrons. The van der Waals surface area contributed by atoms with E-state index in [1.807, 2.05) is 39.0 Å². The Morgan fingerprint density at radius 3 is 2.32 bits per heavy atom. The molecule has 0 aromatic heterocycles. The summed E-state index contributed by atoms with van der Waals surface area (Å²) in [5.74, 6) is 1.47. The van der Waals surface area contributed by atoms with Gasteiger partial charge in [0.2, 0.25) is 10.0 Å². The minimum Gasteiger partial charge on any atom is -0.493 e. The first-order valence-corrected chi connectivity index (χ1v) is 9.11. The first-order valence-electron chi connectivity index (χ1n) is 7.45. The first-order chi connectivity index (χ1) is 10.3. The van der Waals surface area contributed by atoms with Crippen molar-refractivity contribution in [3.05, 3.63) is 23.8 Å². The van der Waals surface area contributed by atoms with Crippen LogP contribution >= 0.6 is 0 Å². The monoisotopic (exact) mass is 329 g/mol. The van der Waals surface area contributed by atoms with Gasteiger partial charge in [0.15, 0.2) is 11.5 Å². The third-order valence-corrected chi connectivity index (χ3v) is 5.08. The van der Waals surface area contributed by atoms with Crippen LogP contribution in [0.3, 0.4) is 0 Å². The van der Waals surface area contributed by atoms with Gasteiger partial charge in [-0.3, -0.25) is 0 Å². The normalized spacial score (nSPS) is 12.2. The van der Waals surface area contributed by atoms with E-state index < -0.39 is 10.0 Å². The van der Waals surface area contributed by atoms with E-state index in [2.05, 4.69) is 4.72 Å². The highest BCUT2D eigenvalue weighted by molar-refractivity contribution is 7.89. The van der Waals surface area contributed by atoms with Crippen molar-refractivity contribution in [1.29, 1.82) is 0 Å². The van der Waals surface area contributed by atoms with Gasteiger partial charge in [-0.05, 0) is 24.1 Å². The summed E-state index contributed by atoms with van der Waals surface area (Å²) in [6.07, 6.45) is 1.53. The van der Waals surface area contributed by atoms with Gasteiger partial charge in [0, 0.05) is 12.0 Å². The second-order valence-corrected chi connectivity index (χ2v) is 7.87. The zero-order chi connectivity index (χ0) is 16.8. The Balaban J connectivity index is 2.86. The summed E-state index contributed by atoms with van der Waals surface area (Å²) in [5, 5.41) is 0. The van der Waals surface area contributed by atoms with Crippen LogP contribution in [-0.4, -0.2) is 34.9 Å². The minimum atomic E-state index is -3.22. The number of ether oxygens (including phenoxy) is 2. The number of rotatable bonds is 9. The number of nitrogens with one attached hydrogen (secondary N) is 1. The molecule has 0 spiro atoms. The van der Waals surface area contributed by atoms with E-state index in [0.717, 1.165) is 12.0 Å². The molecule has 5 nitrogen and oxygen atoms in total. The van der Waals surface area contributed by atoms with Crippen molar-refractivity contribution < 1.29 is 17.9 Å². The minimum absolute atomic E-state index is 0.172. The van der Waals surface area contributed by atoms with Gasteiger partial charge in [-0.15, -0.1) is 0 Å². The van der Waals surface area contributed by atoms with E-state index >= 15 is 0 Å². The van der Waals surface area contributed by atoms with Crippen LogP contribution in [-0.2, 0) is 15.4 Å². The van der Waals surface area contributed by atoms with Crippen LogP contribution in [0.4, 0.5) is 0 Å². The van der Waals surface area contributed by atoms with Gasteiger partial charge in [0.1, 0.15) is 0 Å². The SMILES string of the molecule is CCCCS(=O)(=O)NCC(C)(C)c1ccc(OC)c(OC)c1. The number of hydrogen-bond acceptors (Lipinski definition) is 4. The number of sulfonamides is 1. The highest BCUT2D eigenvalue weighted by atomic mass is 32.2. The smallest absolute Gasteiger partial charge is 0.211 e. The lowest BCUT2D eigenvalue weighted by molar-refractivity contribution is 0.353. The van der Waals surface area contributed by atoms with Gasteiger partial charge in [-0.1, -0.05) is 33.3 Å². The summed E-state index contributed by atoms with van der Waals surface area (Å²) < 4.78 is 37.1. The fourth-order valence-corrected chi connectivity index (χ4v) is 3.45. The van der Waals surface area contributed by atoms with Crippen molar-refractivity contribution in [1.82, 2.24) is 4.72 Å². The van der Waals surface area contributed by atoms with Gasteiger partial charge < -0.3 is 9.47 Å². The average Bonchev–Trinajstić information content (AvgIpc) is 2.50. The highest BCUT2D eigenvalue weighted by Crippen LogP contribution is 2.32. The molecule has 6 heteroatoms. The quantitative estimate of drug-likeness (QED) is 0.756. The maximum absolute atomic E-state index is 11.9. The summed E-state index contributed by atoms with van der Waals surface area (Å²) in [5.41, 5.74) is 0.641. The highest BCUT2D eigenvalue weighted by Gasteiger charge is 2.24. The fourth-order valence-electron chi connectivity index (χ4n) is 2.06. The van der Waals surface area contributed by atoms with Crippen molar-refractivity contribution in [2.75, 3.05) is 26.5 Å². The first kappa shape index (κ1) is 18.8. The molecule has 0 aliphatic rings. The van der Waals surface area contributed by atoms with Crippen molar-refractivity contribution in [3.63, 3.8) is 0 Å². The molecule has 0 saturated carbocycles. The molecule has 0 atom stereocenters. The van der Waals surface area contributed by atoms with Gasteiger partial charge in [-0.25, -0.2) is 13.1 Å². The van der Waals surface area contributed by atoms with Gasteiger partial charge in [0.05, 0.1) is 20.0 Å². The lowest BCUT2D eigenvalue weighted by atomic mass is 9.85.